The van der Waals surface area contributed by atoms with Gasteiger partial charge in [0, 0.05) is 0 Å². The van der Waals surface area contributed by atoms with E-state index in [4.69, 9.17) is 33.1 Å². The number of aliphatic carboxylic acids is 2. The van der Waals surface area contributed by atoms with Crippen LogP contribution in [0.2, 0.25) is 0 Å². The second-order valence-corrected chi connectivity index (χ2v) is 3.40. The zero-order chi connectivity index (χ0) is 13.8. The van der Waals surface area contributed by atoms with Crippen LogP contribution in [0.4, 0.5) is 0 Å². The molecule has 0 aromatic heterocycles. The summed E-state index contributed by atoms with van der Waals surface area (Å²) in [5, 5.41) is 16.4. The summed E-state index contributed by atoms with van der Waals surface area (Å²) in [7, 11) is 0. The molecule has 0 radical (unpaired) electrons. The summed E-state index contributed by atoms with van der Waals surface area (Å²) in [5.41, 5.74) is 20.3. The highest BCUT2D eigenvalue weighted by Crippen LogP contribution is 1.91. The predicted molar refractivity (Wildman–Crippen MR) is 63.2 cm³/mol. The van der Waals surface area contributed by atoms with Gasteiger partial charge in [-0.15, -0.1) is 0 Å². The first-order chi connectivity index (χ1) is 7.86. The highest BCUT2D eigenvalue weighted by Gasteiger charge is 2.09. The van der Waals surface area contributed by atoms with Crippen molar-refractivity contribution in [3.05, 3.63) is 0 Å². The third-order valence-corrected chi connectivity index (χ3v) is 1.83. The normalized spacial score (nSPS) is 13.2. The highest BCUT2D eigenvalue weighted by atomic mass is 16.4. The Kier molecular flexibility index (Phi) is 12.0. The molecule has 0 unspecified atom stereocenters. The number of carbonyl (C=O) groups is 2. The lowest BCUT2D eigenvalue weighted by molar-refractivity contribution is -0.139. The van der Waals surface area contributed by atoms with Crippen molar-refractivity contribution in [1.82, 2.24) is 0 Å². The van der Waals surface area contributed by atoms with E-state index in [0.717, 1.165) is 0 Å². The van der Waals surface area contributed by atoms with E-state index >= 15 is 0 Å². The van der Waals surface area contributed by atoms with Crippen LogP contribution < -0.4 is 22.9 Å². The first kappa shape index (κ1) is 18.2. The average molecular weight is 250 g/mol. The van der Waals surface area contributed by atoms with E-state index in [1.54, 1.807) is 0 Å². The van der Waals surface area contributed by atoms with E-state index in [0.29, 0.717) is 32.4 Å². The van der Waals surface area contributed by atoms with E-state index in [1.807, 2.05) is 0 Å². The number of carboxylic acid groups (broad SMARTS) is 2. The van der Waals surface area contributed by atoms with E-state index in [-0.39, 0.29) is 0 Å². The Morgan fingerprint density at radius 2 is 1.29 bits per heavy atom. The van der Waals surface area contributed by atoms with Gasteiger partial charge in [0.1, 0.15) is 12.1 Å². The third kappa shape index (κ3) is 12.7. The number of nitrogens with two attached hydrogens (primary N) is 4. The van der Waals surface area contributed by atoms with Crippen LogP contribution in [0.15, 0.2) is 0 Å². The van der Waals surface area contributed by atoms with Crippen molar-refractivity contribution < 1.29 is 19.8 Å². The van der Waals surface area contributed by atoms with Gasteiger partial charge in [0.15, 0.2) is 0 Å². The Morgan fingerprint density at radius 1 is 0.882 bits per heavy atom. The molecule has 17 heavy (non-hydrogen) atoms. The molecule has 10 N–H and O–H groups in total. The van der Waals surface area contributed by atoms with Crippen molar-refractivity contribution >= 4 is 11.9 Å². The SMILES string of the molecule is NCCC[C@H](N)C(=O)O.NCC[C@H](N)C(=O)O. The fourth-order valence-corrected chi connectivity index (χ4v) is 0.764. The lowest BCUT2D eigenvalue weighted by Gasteiger charge is -2.02. The molecule has 8 heteroatoms. The van der Waals surface area contributed by atoms with Crippen LogP contribution in [0.3, 0.4) is 0 Å². The summed E-state index contributed by atoms with van der Waals surface area (Å²) in [6.07, 6.45) is 1.48. The van der Waals surface area contributed by atoms with Crippen LogP contribution in [-0.4, -0.2) is 47.3 Å². The maximum atomic E-state index is 10.0. The Bertz CT molecular complexity index is 225. The molecule has 0 heterocycles. The number of carboxylic acids is 2. The maximum absolute atomic E-state index is 10.0. The van der Waals surface area contributed by atoms with Crippen molar-refractivity contribution in [3.8, 4) is 0 Å². The van der Waals surface area contributed by atoms with Gasteiger partial charge in [-0.1, -0.05) is 0 Å². The fraction of sp³-hybridized carbons (Fsp3) is 0.778. The largest absolute Gasteiger partial charge is 0.480 e. The molecule has 2 atom stereocenters. The predicted octanol–water partition coefficient (Wildman–Crippen LogP) is -2.12. The number of hydrogen-bond acceptors (Lipinski definition) is 6. The zero-order valence-electron chi connectivity index (χ0n) is 9.71. The van der Waals surface area contributed by atoms with Crippen LogP contribution in [-0.2, 0) is 9.59 Å². The molecular formula is C9H22N4O4. The highest BCUT2D eigenvalue weighted by molar-refractivity contribution is 5.73. The van der Waals surface area contributed by atoms with Gasteiger partial charge in [-0.25, -0.2) is 0 Å². The van der Waals surface area contributed by atoms with Gasteiger partial charge < -0.3 is 33.1 Å². The molecule has 0 saturated carbocycles. The summed E-state index contributed by atoms with van der Waals surface area (Å²) in [6, 6.07) is -1.53. The van der Waals surface area contributed by atoms with E-state index < -0.39 is 24.0 Å². The molecule has 102 valence electrons. The maximum Gasteiger partial charge on any atom is 0.320 e. The fourth-order valence-electron chi connectivity index (χ4n) is 0.764. The topological polar surface area (TPSA) is 179 Å². The van der Waals surface area contributed by atoms with Gasteiger partial charge in [0.05, 0.1) is 0 Å². The molecule has 0 bridgehead atoms. The quantitative estimate of drug-likeness (QED) is 0.297. The summed E-state index contributed by atoms with van der Waals surface area (Å²) in [6.45, 7) is 0.828. The monoisotopic (exact) mass is 250 g/mol. The van der Waals surface area contributed by atoms with Gasteiger partial charge >= 0.3 is 11.9 Å². The van der Waals surface area contributed by atoms with Crippen LogP contribution in [0.5, 0.6) is 0 Å². The van der Waals surface area contributed by atoms with Crippen molar-refractivity contribution in [2.45, 2.75) is 31.3 Å². The summed E-state index contributed by atoms with van der Waals surface area (Å²) in [4.78, 5) is 19.9. The number of rotatable bonds is 7. The van der Waals surface area contributed by atoms with Gasteiger partial charge in [-0.2, -0.15) is 0 Å². The van der Waals surface area contributed by atoms with E-state index in [2.05, 4.69) is 0 Å². The second kappa shape index (κ2) is 11.3. The summed E-state index contributed by atoms with van der Waals surface area (Å²) >= 11 is 0. The smallest absolute Gasteiger partial charge is 0.320 e. The Morgan fingerprint density at radius 3 is 1.53 bits per heavy atom. The standard InChI is InChI=1S/C5H12N2O2.C4H10N2O2/c6-3-1-2-4(7)5(8)9;5-2-1-3(6)4(7)8/h4H,1-3,6-7H2,(H,8,9);3H,1-2,5-6H2,(H,7,8)/t4-;3-/m00/s1. The van der Waals surface area contributed by atoms with Gasteiger partial charge in [0.2, 0.25) is 0 Å². The first-order valence-corrected chi connectivity index (χ1v) is 5.23. The van der Waals surface area contributed by atoms with E-state index in [9.17, 15) is 9.59 Å². The van der Waals surface area contributed by atoms with Gasteiger partial charge in [-0.3, -0.25) is 9.59 Å². The molecule has 0 amide bonds. The molecule has 0 spiro atoms. The molecule has 0 rings (SSSR count). The third-order valence-electron chi connectivity index (χ3n) is 1.83. The Balaban J connectivity index is 0. The molecule has 0 aromatic carbocycles. The van der Waals surface area contributed by atoms with Gasteiger partial charge in [0.25, 0.3) is 0 Å². The molecule has 0 aliphatic carbocycles. The molecule has 0 fully saturated rings. The van der Waals surface area contributed by atoms with Crippen LogP contribution >= 0.6 is 0 Å². The van der Waals surface area contributed by atoms with Gasteiger partial charge in [-0.05, 0) is 32.4 Å². The lowest BCUT2D eigenvalue weighted by atomic mass is 10.2. The summed E-state index contributed by atoms with van der Waals surface area (Å²) < 4.78 is 0. The molecule has 0 saturated heterocycles. The molecule has 0 aliphatic heterocycles. The van der Waals surface area contributed by atoms with Crippen LogP contribution in [0.25, 0.3) is 0 Å². The lowest BCUT2D eigenvalue weighted by Crippen LogP contribution is -2.32. The van der Waals surface area contributed by atoms with Crippen molar-refractivity contribution in [2.24, 2.45) is 22.9 Å². The minimum atomic E-state index is -0.990. The molecule has 8 nitrogen and oxygen atoms in total. The zero-order valence-corrected chi connectivity index (χ0v) is 9.71. The Hall–Kier alpha value is -1.22. The summed E-state index contributed by atoms with van der Waals surface area (Å²) in [5.74, 6) is -1.95. The van der Waals surface area contributed by atoms with E-state index in [1.165, 1.54) is 0 Å². The Labute approximate surface area is 99.9 Å². The van der Waals surface area contributed by atoms with Crippen LogP contribution in [0.1, 0.15) is 19.3 Å². The van der Waals surface area contributed by atoms with Crippen molar-refractivity contribution in [2.75, 3.05) is 13.1 Å². The molecular weight excluding hydrogens is 228 g/mol. The first-order valence-electron chi connectivity index (χ1n) is 5.23. The number of hydrogen-bond donors (Lipinski definition) is 6. The van der Waals surface area contributed by atoms with Crippen molar-refractivity contribution in [1.29, 1.82) is 0 Å². The minimum absolute atomic E-state index is 0.327. The molecule has 0 aliphatic rings. The average Bonchev–Trinajstić information content (AvgIpc) is 2.26. The van der Waals surface area contributed by atoms with Crippen LogP contribution in [0, 0.1) is 0 Å². The van der Waals surface area contributed by atoms with Crippen molar-refractivity contribution in [3.63, 3.8) is 0 Å². The molecule has 0 aromatic rings. The minimum Gasteiger partial charge on any atom is -0.480 e. The second-order valence-electron chi connectivity index (χ2n) is 3.40.